The molecule has 0 radical (unpaired) electrons. The molecule has 0 spiro atoms. The van der Waals surface area contributed by atoms with Gasteiger partial charge in [0, 0.05) is 12.6 Å². The molecular weight excluding hydrogens is 140 g/mol. The summed E-state index contributed by atoms with van der Waals surface area (Å²) in [5, 5.41) is 0. The zero-order chi connectivity index (χ0) is 8.32. The van der Waals surface area contributed by atoms with Crippen molar-refractivity contribution in [3.63, 3.8) is 0 Å². The van der Waals surface area contributed by atoms with Gasteiger partial charge >= 0.3 is 0 Å². The molecule has 1 rings (SSSR count). The smallest absolute Gasteiger partial charge is 0.0817 e. The number of nitrogens with one attached hydrogen (secondary N) is 1. The first-order valence-corrected chi connectivity index (χ1v) is 4.29. The Morgan fingerprint density at radius 1 is 1.55 bits per heavy atom. The molecule has 0 aliphatic carbocycles. The second-order valence-corrected chi connectivity index (χ2v) is 3.51. The fourth-order valence-corrected chi connectivity index (χ4v) is 1.47. The van der Waals surface area contributed by atoms with E-state index < -0.39 is 0 Å². The zero-order valence-corrected chi connectivity index (χ0v) is 7.39. The first kappa shape index (κ1) is 8.97. The number of ether oxygens (including phenoxy) is 1. The van der Waals surface area contributed by atoms with Crippen molar-refractivity contribution in [3.8, 4) is 0 Å². The highest BCUT2D eigenvalue weighted by Crippen LogP contribution is 2.27. The highest BCUT2D eigenvalue weighted by atomic mass is 16.5. The van der Waals surface area contributed by atoms with Crippen LogP contribution in [0.1, 0.15) is 33.1 Å². The molecular formula is C8H18N2O. The predicted molar refractivity (Wildman–Crippen MR) is 45.0 cm³/mol. The maximum atomic E-state index is 5.68. The minimum Gasteiger partial charge on any atom is -0.374 e. The lowest BCUT2D eigenvalue weighted by molar-refractivity contribution is -0.0847. The van der Waals surface area contributed by atoms with Gasteiger partial charge in [-0.05, 0) is 33.1 Å². The van der Waals surface area contributed by atoms with Crippen molar-refractivity contribution in [1.82, 2.24) is 5.43 Å². The van der Waals surface area contributed by atoms with Crippen LogP contribution in [0, 0.1) is 0 Å². The average molecular weight is 158 g/mol. The van der Waals surface area contributed by atoms with E-state index in [2.05, 4.69) is 19.3 Å². The molecule has 2 unspecified atom stereocenters. The Kier molecular flexibility index (Phi) is 2.87. The Balaban J connectivity index is 2.49. The van der Waals surface area contributed by atoms with Crippen LogP contribution in [0.25, 0.3) is 0 Å². The summed E-state index contributed by atoms with van der Waals surface area (Å²) < 4.78 is 5.68. The number of hydrogen-bond donors (Lipinski definition) is 2. The highest BCUT2D eigenvalue weighted by Gasteiger charge is 2.33. The first-order chi connectivity index (χ1) is 5.19. The van der Waals surface area contributed by atoms with Crippen LogP contribution in [-0.2, 0) is 4.74 Å². The second kappa shape index (κ2) is 3.52. The van der Waals surface area contributed by atoms with Crippen molar-refractivity contribution >= 4 is 0 Å². The number of hydrogen-bond acceptors (Lipinski definition) is 3. The summed E-state index contributed by atoms with van der Waals surface area (Å²) in [5.74, 6) is 5.36. The predicted octanol–water partition coefficient (Wildman–Crippen LogP) is 0.797. The van der Waals surface area contributed by atoms with E-state index in [4.69, 9.17) is 10.6 Å². The van der Waals surface area contributed by atoms with Gasteiger partial charge in [-0.3, -0.25) is 11.3 Å². The lowest BCUT2D eigenvalue weighted by Crippen LogP contribution is -2.52. The van der Waals surface area contributed by atoms with Gasteiger partial charge in [-0.1, -0.05) is 0 Å². The average Bonchev–Trinajstić information content (AvgIpc) is 2.04. The molecule has 0 aromatic rings. The summed E-state index contributed by atoms with van der Waals surface area (Å²) >= 11 is 0. The Bertz CT molecular complexity index is 121. The number of hydrazine groups is 1. The summed E-state index contributed by atoms with van der Waals surface area (Å²) in [5.41, 5.74) is 2.70. The molecule has 0 amide bonds. The summed E-state index contributed by atoms with van der Waals surface area (Å²) in [7, 11) is 0. The SMILES string of the molecule is CC(NN)C1(C)CCCCO1. The molecule has 3 nitrogen and oxygen atoms in total. The lowest BCUT2D eigenvalue weighted by atomic mass is 9.90. The second-order valence-electron chi connectivity index (χ2n) is 3.51. The molecule has 1 aliphatic rings. The number of nitrogens with two attached hydrogens (primary N) is 1. The molecule has 11 heavy (non-hydrogen) atoms. The molecule has 0 bridgehead atoms. The third-order valence-electron chi connectivity index (χ3n) is 2.67. The van der Waals surface area contributed by atoms with Gasteiger partial charge < -0.3 is 4.74 Å². The fourth-order valence-electron chi connectivity index (χ4n) is 1.47. The van der Waals surface area contributed by atoms with E-state index in [1.807, 2.05) is 0 Å². The van der Waals surface area contributed by atoms with E-state index in [9.17, 15) is 0 Å². The maximum absolute atomic E-state index is 5.68. The van der Waals surface area contributed by atoms with E-state index in [-0.39, 0.29) is 11.6 Å². The molecule has 1 heterocycles. The molecule has 66 valence electrons. The Hall–Kier alpha value is -0.120. The Morgan fingerprint density at radius 2 is 2.27 bits per heavy atom. The van der Waals surface area contributed by atoms with E-state index in [1.165, 1.54) is 12.8 Å². The topological polar surface area (TPSA) is 47.3 Å². The molecule has 0 aromatic heterocycles. The molecule has 3 heteroatoms. The van der Waals surface area contributed by atoms with Crippen molar-refractivity contribution in [1.29, 1.82) is 0 Å². The van der Waals surface area contributed by atoms with E-state index in [0.717, 1.165) is 13.0 Å². The van der Waals surface area contributed by atoms with Crippen molar-refractivity contribution in [2.45, 2.75) is 44.8 Å². The molecule has 0 aromatic carbocycles. The van der Waals surface area contributed by atoms with E-state index >= 15 is 0 Å². The van der Waals surface area contributed by atoms with Gasteiger partial charge in [0.05, 0.1) is 5.60 Å². The highest BCUT2D eigenvalue weighted by molar-refractivity contribution is 4.87. The van der Waals surface area contributed by atoms with Gasteiger partial charge in [0.1, 0.15) is 0 Å². The van der Waals surface area contributed by atoms with Crippen molar-refractivity contribution in [2.24, 2.45) is 5.84 Å². The largest absolute Gasteiger partial charge is 0.374 e. The van der Waals surface area contributed by atoms with Crippen LogP contribution in [0.3, 0.4) is 0 Å². The van der Waals surface area contributed by atoms with Gasteiger partial charge in [0.2, 0.25) is 0 Å². The minimum absolute atomic E-state index is 0.0486. The third-order valence-corrected chi connectivity index (χ3v) is 2.67. The van der Waals surface area contributed by atoms with E-state index in [1.54, 1.807) is 0 Å². The van der Waals surface area contributed by atoms with Crippen LogP contribution in [0.2, 0.25) is 0 Å². The van der Waals surface area contributed by atoms with Gasteiger partial charge in [-0.2, -0.15) is 0 Å². The van der Waals surface area contributed by atoms with Crippen LogP contribution in [0.15, 0.2) is 0 Å². The summed E-state index contributed by atoms with van der Waals surface area (Å²) in [6.45, 7) is 5.06. The lowest BCUT2D eigenvalue weighted by Gasteiger charge is -2.38. The zero-order valence-electron chi connectivity index (χ0n) is 7.39. The van der Waals surface area contributed by atoms with Gasteiger partial charge in [0.15, 0.2) is 0 Å². The minimum atomic E-state index is -0.0486. The molecule has 2 atom stereocenters. The summed E-state index contributed by atoms with van der Waals surface area (Å²) in [4.78, 5) is 0. The molecule has 3 N–H and O–H groups in total. The van der Waals surface area contributed by atoms with Crippen molar-refractivity contribution in [2.75, 3.05) is 6.61 Å². The Labute approximate surface area is 68.3 Å². The van der Waals surface area contributed by atoms with Gasteiger partial charge in [0.25, 0.3) is 0 Å². The van der Waals surface area contributed by atoms with E-state index in [0.29, 0.717) is 0 Å². The van der Waals surface area contributed by atoms with Crippen LogP contribution >= 0.6 is 0 Å². The molecule has 0 saturated carbocycles. The maximum Gasteiger partial charge on any atom is 0.0817 e. The Morgan fingerprint density at radius 3 is 2.73 bits per heavy atom. The monoisotopic (exact) mass is 158 g/mol. The summed E-state index contributed by atoms with van der Waals surface area (Å²) in [6, 6.07) is 0.239. The van der Waals surface area contributed by atoms with Crippen LogP contribution in [0.4, 0.5) is 0 Å². The third kappa shape index (κ3) is 1.92. The quantitative estimate of drug-likeness (QED) is 0.461. The van der Waals surface area contributed by atoms with Gasteiger partial charge in [-0.25, -0.2) is 0 Å². The standard InChI is InChI=1S/C8H18N2O/c1-7(10-9)8(2)5-3-4-6-11-8/h7,10H,3-6,9H2,1-2H3. The summed E-state index contributed by atoms with van der Waals surface area (Å²) in [6.07, 6.45) is 3.55. The van der Waals surface area contributed by atoms with Crippen LogP contribution in [0.5, 0.6) is 0 Å². The van der Waals surface area contributed by atoms with Gasteiger partial charge in [-0.15, -0.1) is 0 Å². The van der Waals surface area contributed by atoms with Crippen molar-refractivity contribution < 1.29 is 4.74 Å². The number of rotatable bonds is 2. The molecule has 1 fully saturated rings. The fraction of sp³-hybridized carbons (Fsp3) is 1.00. The van der Waals surface area contributed by atoms with Crippen LogP contribution in [-0.4, -0.2) is 18.2 Å². The van der Waals surface area contributed by atoms with Crippen LogP contribution < -0.4 is 11.3 Å². The van der Waals surface area contributed by atoms with Crippen molar-refractivity contribution in [3.05, 3.63) is 0 Å². The molecule has 1 saturated heterocycles. The normalized spacial score (nSPS) is 35.2. The first-order valence-electron chi connectivity index (χ1n) is 4.29. The molecule has 1 aliphatic heterocycles.